The summed E-state index contributed by atoms with van der Waals surface area (Å²) in [5, 5.41) is 7.87. The summed E-state index contributed by atoms with van der Waals surface area (Å²) < 4.78 is 24.5. The second-order valence-corrected chi connectivity index (χ2v) is 14.4. The van der Waals surface area contributed by atoms with Crippen molar-refractivity contribution in [3.05, 3.63) is 156 Å². The van der Waals surface area contributed by atoms with E-state index in [4.69, 9.17) is 0 Å². The number of aromatic amines is 2. The Balaban J connectivity index is 0.00000101. The number of hydrogen-bond acceptors (Lipinski definition) is 8. The molecule has 3 heterocycles. The minimum Gasteiger partial charge on any atom is -0.453 e. The van der Waals surface area contributed by atoms with E-state index in [1.54, 1.807) is 53.7 Å². The standard InChI is InChI=1S/C42H43FN8O6.C6H6/c1-56-41(54)47-26-37(52)51-22-8-11-35(51)39-46-24-33(49-39)29-18-15-27(16-19-29)13-14-28-17-20-31(32(43)23-28)34-25-45-36(48-34)12-6-7-21-44-40(53)38(50-42(55)57-2)30-9-4-3-5-10-30;1-2-4-6-5-3-1/h3-5,9-10,15-20,23-25,35,38H,6-8,11-12,21-22,26H2,1-2H3,(H,44,53)(H,45,48)(H,46,49)(H,47,54)(H,50,55);1-6H. The summed E-state index contributed by atoms with van der Waals surface area (Å²) in [5.41, 5.74) is 4.53. The van der Waals surface area contributed by atoms with Gasteiger partial charge in [-0.2, -0.15) is 0 Å². The predicted molar refractivity (Wildman–Crippen MR) is 235 cm³/mol. The number of halogens is 1. The first-order valence-corrected chi connectivity index (χ1v) is 20.5. The minimum atomic E-state index is -0.879. The van der Waals surface area contributed by atoms with Crippen molar-refractivity contribution in [2.45, 2.75) is 44.2 Å². The molecule has 14 nitrogen and oxygen atoms in total. The van der Waals surface area contributed by atoms with E-state index in [-0.39, 0.29) is 24.4 Å². The summed E-state index contributed by atoms with van der Waals surface area (Å²) in [5.74, 6) is 6.53. The molecule has 1 aliphatic heterocycles. The molecule has 2 aromatic heterocycles. The smallest absolute Gasteiger partial charge is 0.407 e. The normalized spacial score (nSPS) is 13.3. The van der Waals surface area contributed by atoms with Crippen LogP contribution in [0.1, 0.15) is 66.1 Å². The Morgan fingerprint density at radius 1 is 0.794 bits per heavy atom. The van der Waals surface area contributed by atoms with E-state index in [0.717, 1.165) is 36.1 Å². The molecule has 4 amide bonds. The topological polar surface area (TPSA) is 183 Å². The lowest BCUT2D eigenvalue weighted by Gasteiger charge is -2.23. The van der Waals surface area contributed by atoms with Crippen molar-refractivity contribution in [1.29, 1.82) is 0 Å². The van der Waals surface area contributed by atoms with Crippen molar-refractivity contribution in [1.82, 2.24) is 40.8 Å². The Morgan fingerprint density at radius 2 is 1.46 bits per heavy atom. The maximum absolute atomic E-state index is 15.3. The van der Waals surface area contributed by atoms with Crippen LogP contribution >= 0.6 is 0 Å². The fourth-order valence-electron chi connectivity index (χ4n) is 6.88. The van der Waals surface area contributed by atoms with Crippen LogP contribution in [-0.2, 0) is 25.5 Å². The molecule has 7 rings (SSSR count). The number of aryl methyl sites for hydroxylation is 1. The molecule has 0 aliphatic carbocycles. The SMILES string of the molecule is COC(=O)NCC(=O)N1CCCC1c1ncc(-c2ccc(C#Cc3ccc(-c4cnc(CCCCNC(=O)C(NC(=O)OC)c5ccccc5)[nH]4)c(F)c3)cc2)[nH]1.c1ccccc1. The molecule has 4 aromatic carbocycles. The van der Waals surface area contributed by atoms with Crippen molar-refractivity contribution in [3.63, 3.8) is 0 Å². The third-order valence-electron chi connectivity index (χ3n) is 10.1. The summed E-state index contributed by atoms with van der Waals surface area (Å²) in [7, 11) is 2.49. The third kappa shape index (κ3) is 12.9. The molecular weight excluding hydrogens is 804 g/mol. The van der Waals surface area contributed by atoms with E-state index in [0.29, 0.717) is 60.0 Å². The van der Waals surface area contributed by atoms with Gasteiger partial charge in [-0.3, -0.25) is 9.59 Å². The fourth-order valence-corrected chi connectivity index (χ4v) is 6.88. The molecular formula is C48H49FN8O6. The number of ether oxygens (including phenoxy) is 2. The summed E-state index contributed by atoms with van der Waals surface area (Å²) in [6, 6.07) is 32.2. The number of imidazole rings is 2. The lowest BCUT2D eigenvalue weighted by atomic mass is 10.1. The Labute approximate surface area is 365 Å². The zero-order valence-corrected chi connectivity index (χ0v) is 35.0. The monoisotopic (exact) mass is 852 g/mol. The van der Waals surface area contributed by atoms with E-state index in [1.807, 2.05) is 66.7 Å². The van der Waals surface area contributed by atoms with Gasteiger partial charge in [0.2, 0.25) is 11.8 Å². The summed E-state index contributed by atoms with van der Waals surface area (Å²) in [4.78, 5) is 66.0. The van der Waals surface area contributed by atoms with Gasteiger partial charge in [-0.15, -0.1) is 0 Å². The third-order valence-corrected chi connectivity index (χ3v) is 10.1. The van der Waals surface area contributed by atoms with Gasteiger partial charge in [0.05, 0.1) is 44.0 Å². The van der Waals surface area contributed by atoms with Crippen LogP contribution < -0.4 is 16.0 Å². The number of nitrogens with zero attached hydrogens (tertiary/aromatic N) is 3. The van der Waals surface area contributed by atoms with Crippen molar-refractivity contribution < 1.29 is 33.0 Å². The van der Waals surface area contributed by atoms with Crippen LogP contribution in [0.25, 0.3) is 22.5 Å². The number of nitrogens with one attached hydrogen (secondary N) is 5. The summed E-state index contributed by atoms with van der Waals surface area (Å²) in [6.45, 7) is 0.831. The van der Waals surface area contributed by atoms with Gasteiger partial charge in [0.1, 0.15) is 30.1 Å². The number of alkyl carbamates (subject to hydrolysis) is 2. The van der Waals surface area contributed by atoms with Crippen LogP contribution in [0, 0.1) is 17.7 Å². The number of benzene rings is 4. The number of carbonyl (C=O) groups is 4. The fraction of sp³-hybridized carbons (Fsp3) is 0.250. The van der Waals surface area contributed by atoms with E-state index in [9.17, 15) is 19.2 Å². The highest BCUT2D eigenvalue weighted by atomic mass is 19.1. The molecule has 0 radical (unpaired) electrons. The van der Waals surface area contributed by atoms with Gasteiger partial charge in [0, 0.05) is 36.2 Å². The summed E-state index contributed by atoms with van der Waals surface area (Å²) in [6.07, 6.45) is 5.55. The molecule has 0 bridgehead atoms. The number of rotatable bonds is 13. The number of carbonyl (C=O) groups excluding carboxylic acids is 4. The second kappa shape index (κ2) is 22.8. The molecule has 2 unspecified atom stereocenters. The number of hydrogen-bond donors (Lipinski definition) is 5. The molecule has 1 saturated heterocycles. The van der Waals surface area contributed by atoms with Gasteiger partial charge in [-0.1, -0.05) is 90.7 Å². The average molecular weight is 853 g/mol. The van der Waals surface area contributed by atoms with Crippen molar-refractivity contribution in [2.75, 3.05) is 33.9 Å². The maximum Gasteiger partial charge on any atom is 0.407 e. The first-order chi connectivity index (χ1) is 30.7. The Kier molecular flexibility index (Phi) is 16.2. The van der Waals surface area contributed by atoms with Crippen LogP contribution in [0.15, 0.2) is 122 Å². The highest BCUT2D eigenvalue weighted by Gasteiger charge is 2.32. The molecule has 1 aliphatic rings. The number of aromatic nitrogens is 4. The zero-order chi connectivity index (χ0) is 44.4. The molecule has 0 saturated carbocycles. The second-order valence-electron chi connectivity index (χ2n) is 14.4. The first kappa shape index (κ1) is 44.8. The van der Waals surface area contributed by atoms with Gasteiger partial charge in [0.25, 0.3) is 0 Å². The summed E-state index contributed by atoms with van der Waals surface area (Å²) >= 11 is 0. The largest absolute Gasteiger partial charge is 0.453 e. The number of likely N-dealkylation sites (tertiary alicyclic amines) is 1. The Bertz CT molecular complexity index is 2470. The van der Waals surface area contributed by atoms with Gasteiger partial charge in [-0.25, -0.2) is 23.9 Å². The van der Waals surface area contributed by atoms with Crippen LogP contribution in [-0.4, -0.2) is 82.7 Å². The van der Waals surface area contributed by atoms with E-state index in [2.05, 4.69) is 57.2 Å². The van der Waals surface area contributed by atoms with Gasteiger partial charge in [0.15, 0.2) is 0 Å². The first-order valence-electron chi connectivity index (χ1n) is 20.5. The van der Waals surface area contributed by atoms with Crippen LogP contribution in [0.4, 0.5) is 14.0 Å². The molecule has 6 aromatic rings. The minimum absolute atomic E-state index is 0.146. The molecule has 2 atom stereocenters. The number of methoxy groups -OCH3 is 2. The maximum atomic E-state index is 15.3. The van der Waals surface area contributed by atoms with Gasteiger partial charge >= 0.3 is 12.2 Å². The predicted octanol–water partition coefficient (Wildman–Crippen LogP) is 7.25. The Morgan fingerprint density at radius 3 is 2.16 bits per heavy atom. The average Bonchev–Trinajstić information content (AvgIpc) is 4.13. The molecule has 1 fully saturated rings. The number of amides is 4. The number of H-pyrrole nitrogens is 2. The zero-order valence-electron chi connectivity index (χ0n) is 35.0. The van der Waals surface area contributed by atoms with Gasteiger partial charge in [-0.05, 0) is 67.1 Å². The van der Waals surface area contributed by atoms with Crippen LogP contribution in [0.5, 0.6) is 0 Å². The highest BCUT2D eigenvalue weighted by Crippen LogP contribution is 2.31. The molecule has 0 spiro atoms. The quantitative estimate of drug-likeness (QED) is 0.0595. The van der Waals surface area contributed by atoms with Crippen LogP contribution in [0.2, 0.25) is 0 Å². The Hall–Kier alpha value is -7.73. The van der Waals surface area contributed by atoms with Crippen molar-refractivity contribution in [3.8, 4) is 34.4 Å². The molecule has 63 heavy (non-hydrogen) atoms. The molecule has 15 heteroatoms. The van der Waals surface area contributed by atoms with E-state index in [1.165, 1.54) is 20.3 Å². The lowest BCUT2D eigenvalue weighted by Crippen LogP contribution is -2.40. The lowest BCUT2D eigenvalue weighted by molar-refractivity contribution is -0.131. The molecule has 5 N–H and O–H groups in total. The molecule has 324 valence electrons. The highest BCUT2D eigenvalue weighted by molar-refractivity contribution is 5.87. The van der Waals surface area contributed by atoms with Crippen molar-refractivity contribution in [2.24, 2.45) is 0 Å². The van der Waals surface area contributed by atoms with E-state index >= 15 is 4.39 Å². The van der Waals surface area contributed by atoms with E-state index < -0.39 is 24.0 Å². The van der Waals surface area contributed by atoms with Crippen LogP contribution in [0.3, 0.4) is 0 Å². The van der Waals surface area contributed by atoms with Crippen molar-refractivity contribution >= 4 is 24.0 Å². The number of unbranched alkanes of at least 4 members (excludes halogenated alkanes) is 1. The van der Waals surface area contributed by atoms with Gasteiger partial charge < -0.3 is 40.3 Å².